The molecule has 0 radical (unpaired) electrons. The summed E-state index contributed by atoms with van der Waals surface area (Å²) in [5.41, 5.74) is 1.70. The summed E-state index contributed by atoms with van der Waals surface area (Å²) in [6, 6.07) is 4.85. The predicted molar refractivity (Wildman–Crippen MR) is 69.8 cm³/mol. The Balaban J connectivity index is 2.94. The third-order valence-corrected chi connectivity index (χ3v) is 2.25. The average molecular weight is 250 g/mol. The number of ether oxygens (including phenoxy) is 1. The summed E-state index contributed by atoms with van der Waals surface area (Å²) in [5.74, 6) is -0.474. The molecule has 0 spiro atoms. The van der Waals surface area contributed by atoms with Crippen molar-refractivity contribution in [1.29, 1.82) is 0 Å². The van der Waals surface area contributed by atoms with Crippen molar-refractivity contribution < 1.29 is 14.3 Å². The Bertz CT molecular complexity index is 456. The molecule has 5 nitrogen and oxygen atoms in total. The van der Waals surface area contributed by atoms with Crippen LogP contribution in [0.1, 0.15) is 29.8 Å². The van der Waals surface area contributed by atoms with Crippen molar-refractivity contribution in [2.75, 3.05) is 12.4 Å². The number of anilines is 1. The Labute approximate surface area is 107 Å². The highest BCUT2D eigenvalue weighted by molar-refractivity contribution is 6.01. The fourth-order valence-corrected chi connectivity index (χ4v) is 1.47. The zero-order valence-corrected chi connectivity index (χ0v) is 11.0. The number of benzene rings is 1. The summed E-state index contributed by atoms with van der Waals surface area (Å²) in [4.78, 5) is 23.2. The summed E-state index contributed by atoms with van der Waals surface area (Å²) >= 11 is 0. The Morgan fingerprint density at radius 1 is 1.28 bits per heavy atom. The van der Waals surface area contributed by atoms with E-state index in [0.29, 0.717) is 11.3 Å². The van der Waals surface area contributed by atoms with Crippen LogP contribution in [-0.2, 0) is 4.74 Å². The summed E-state index contributed by atoms with van der Waals surface area (Å²) in [6.45, 7) is 5.58. The van der Waals surface area contributed by atoms with Crippen LogP contribution >= 0.6 is 0 Å². The first-order valence-corrected chi connectivity index (χ1v) is 5.70. The minimum absolute atomic E-state index is 0.0250. The van der Waals surface area contributed by atoms with Gasteiger partial charge in [0.25, 0.3) is 0 Å². The van der Waals surface area contributed by atoms with Crippen LogP contribution < -0.4 is 10.6 Å². The normalized spacial score (nSPS) is 10.1. The highest BCUT2D eigenvalue weighted by Crippen LogP contribution is 2.18. The van der Waals surface area contributed by atoms with Gasteiger partial charge >= 0.3 is 12.0 Å². The molecule has 0 aliphatic rings. The van der Waals surface area contributed by atoms with Crippen molar-refractivity contribution in [2.45, 2.75) is 26.8 Å². The number of esters is 1. The number of urea groups is 1. The van der Waals surface area contributed by atoms with Gasteiger partial charge in [-0.15, -0.1) is 0 Å². The van der Waals surface area contributed by atoms with Gasteiger partial charge in [-0.05, 0) is 32.9 Å². The molecule has 0 aliphatic carbocycles. The van der Waals surface area contributed by atoms with Crippen molar-refractivity contribution in [3.8, 4) is 0 Å². The van der Waals surface area contributed by atoms with E-state index in [9.17, 15) is 9.59 Å². The van der Waals surface area contributed by atoms with E-state index >= 15 is 0 Å². The molecule has 0 saturated carbocycles. The third kappa shape index (κ3) is 3.76. The van der Waals surface area contributed by atoms with Crippen molar-refractivity contribution >= 4 is 17.7 Å². The molecule has 0 unspecified atom stereocenters. The minimum Gasteiger partial charge on any atom is -0.465 e. The zero-order valence-electron chi connectivity index (χ0n) is 11.0. The summed E-state index contributed by atoms with van der Waals surface area (Å²) in [7, 11) is 1.31. The van der Waals surface area contributed by atoms with Gasteiger partial charge in [-0.3, -0.25) is 0 Å². The lowest BCUT2D eigenvalue weighted by molar-refractivity contribution is 0.0602. The van der Waals surface area contributed by atoms with E-state index in [0.717, 1.165) is 5.56 Å². The molecule has 0 aliphatic heterocycles. The van der Waals surface area contributed by atoms with Crippen LogP contribution in [0.15, 0.2) is 18.2 Å². The van der Waals surface area contributed by atoms with Crippen molar-refractivity contribution in [2.24, 2.45) is 0 Å². The number of aryl methyl sites for hydroxylation is 1. The summed E-state index contributed by atoms with van der Waals surface area (Å²) < 4.78 is 4.68. The molecule has 0 atom stereocenters. The van der Waals surface area contributed by atoms with Gasteiger partial charge in [0.05, 0.1) is 18.4 Å². The molecule has 0 heterocycles. The third-order valence-electron chi connectivity index (χ3n) is 2.25. The standard InChI is InChI=1S/C13H18N2O3/c1-8(2)14-13(17)15-11-6-5-9(3)7-10(11)12(16)18-4/h5-8H,1-4H3,(H2,14,15,17). The van der Waals surface area contributed by atoms with Crippen LogP contribution in [0, 0.1) is 6.92 Å². The molecule has 2 N–H and O–H groups in total. The first kappa shape index (κ1) is 14.0. The molecular formula is C13H18N2O3. The number of carbonyl (C=O) groups is 2. The minimum atomic E-state index is -0.474. The SMILES string of the molecule is COC(=O)c1cc(C)ccc1NC(=O)NC(C)C. The van der Waals surface area contributed by atoms with Crippen LogP contribution in [-0.4, -0.2) is 25.2 Å². The van der Waals surface area contributed by atoms with E-state index in [1.54, 1.807) is 12.1 Å². The van der Waals surface area contributed by atoms with E-state index in [2.05, 4.69) is 15.4 Å². The quantitative estimate of drug-likeness (QED) is 0.809. The molecule has 1 aromatic carbocycles. The highest BCUT2D eigenvalue weighted by atomic mass is 16.5. The van der Waals surface area contributed by atoms with Gasteiger partial charge < -0.3 is 15.4 Å². The van der Waals surface area contributed by atoms with E-state index in [1.165, 1.54) is 7.11 Å². The number of hydrogen-bond donors (Lipinski definition) is 2. The molecule has 0 aromatic heterocycles. The molecule has 0 saturated heterocycles. The fourth-order valence-electron chi connectivity index (χ4n) is 1.47. The number of rotatable bonds is 3. The van der Waals surface area contributed by atoms with Gasteiger partial charge in [-0.2, -0.15) is 0 Å². The van der Waals surface area contributed by atoms with Crippen LogP contribution in [0.3, 0.4) is 0 Å². The van der Waals surface area contributed by atoms with Gasteiger partial charge in [0.2, 0.25) is 0 Å². The maximum atomic E-state index is 11.6. The molecule has 98 valence electrons. The van der Waals surface area contributed by atoms with Gasteiger partial charge in [-0.25, -0.2) is 9.59 Å². The predicted octanol–water partition coefficient (Wildman–Crippen LogP) is 2.31. The van der Waals surface area contributed by atoms with E-state index in [4.69, 9.17) is 0 Å². The van der Waals surface area contributed by atoms with Gasteiger partial charge in [0.1, 0.15) is 0 Å². The van der Waals surface area contributed by atoms with Gasteiger partial charge in [-0.1, -0.05) is 11.6 Å². The maximum Gasteiger partial charge on any atom is 0.339 e. The highest BCUT2D eigenvalue weighted by Gasteiger charge is 2.14. The number of amides is 2. The maximum absolute atomic E-state index is 11.6. The van der Waals surface area contributed by atoms with Gasteiger partial charge in [0.15, 0.2) is 0 Å². The fraction of sp³-hybridized carbons (Fsp3) is 0.385. The molecular weight excluding hydrogens is 232 g/mol. The molecule has 0 bridgehead atoms. The van der Waals surface area contributed by atoms with Crippen LogP contribution in [0.5, 0.6) is 0 Å². The second-order valence-corrected chi connectivity index (χ2v) is 4.29. The monoisotopic (exact) mass is 250 g/mol. The van der Waals surface area contributed by atoms with E-state index < -0.39 is 5.97 Å². The first-order valence-electron chi connectivity index (χ1n) is 5.70. The van der Waals surface area contributed by atoms with Crippen LogP contribution in [0.25, 0.3) is 0 Å². The zero-order chi connectivity index (χ0) is 13.7. The lowest BCUT2D eigenvalue weighted by atomic mass is 10.1. The molecule has 2 amide bonds. The summed E-state index contributed by atoms with van der Waals surface area (Å²) in [6.07, 6.45) is 0. The van der Waals surface area contributed by atoms with E-state index in [-0.39, 0.29) is 12.1 Å². The summed E-state index contributed by atoms with van der Waals surface area (Å²) in [5, 5.41) is 5.32. The molecule has 18 heavy (non-hydrogen) atoms. The average Bonchev–Trinajstić information content (AvgIpc) is 2.29. The van der Waals surface area contributed by atoms with Crippen molar-refractivity contribution in [3.63, 3.8) is 0 Å². The Hall–Kier alpha value is -2.04. The molecule has 5 heteroatoms. The molecule has 0 fully saturated rings. The second kappa shape index (κ2) is 6.05. The van der Waals surface area contributed by atoms with E-state index in [1.807, 2.05) is 26.8 Å². The number of nitrogens with one attached hydrogen (secondary N) is 2. The second-order valence-electron chi connectivity index (χ2n) is 4.29. The van der Waals surface area contributed by atoms with Crippen LogP contribution in [0.2, 0.25) is 0 Å². The Kier molecular flexibility index (Phi) is 4.71. The van der Waals surface area contributed by atoms with Crippen molar-refractivity contribution in [1.82, 2.24) is 5.32 Å². The molecule has 1 aromatic rings. The van der Waals surface area contributed by atoms with Crippen LogP contribution in [0.4, 0.5) is 10.5 Å². The number of carbonyl (C=O) groups excluding carboxylic acids is 2. The topological polar surface area (TPSA) is 67.4 Å². The number of methoxy groups -OCH3 is 1. The lowest BCUT2D eigenvalue weighted by Gasteiger charge is -2.13. The molecule has 1 rings (SSSR count). The largest absolute Gasteiger partial charge is 0.465 e. The number of hydrogen-bond acceptors (Lipinski definition) is 3. The Morgan fingerprint density at radius 2 is 1.94 bits per heavy atom. The lowest BCUT2D eigenvalue weighted by Crippen LogP contribution is -2.34. The Morgan fingerprint density at radius 3 is 2.50 bits per heavy atom. The van der Waals surface area contributed by atoms with Crippen molar-refractivity contribution in [3.05, 3.63) is 29.3 Å². The first-order chi connectivity index (χ1) is 8.43. The smallest absolute Gasteiger partial charge is 0.339 e. The van der Waals surface area contributed by atoms with Gasteiger partial charge in [0, 0.05) is 6.04 Å².